The second kappa shape index (κ2) is 8.62. The van der Waals surface area contributed by atoms with E-state index in [0.717, 1.165) is 38.5 Å². The quantitative estimate of drug-likeness (QED) is 0.726. The lowest BCUT2D eigenvalue weighted by Gasteiger charge is -2.29. The molecule has 0 atom stereocenters. The highest BCUT2D eigenvalue weighted by molar-refractivity contribution is 7.89. The van der Waals surface area contributed by atoms with Crippen molar-refractivity contribution in [2.24, 2.45) is 0 Å². The van der Waals surface area contributed by atoms with Crippen LogP contribution in [0.4, 0.5) is 0 Å². The van der Waals surface area contributed by atoms with Gasteiger partial charge >= 0.3 is 0 Å². The number of hydrogen-bond acceptors (Lipinski definition) is 4. The van der Waals surface area contributed by atoms with Gasteiger partial charge in [-0.25, -0.2) is 21.6 Å². The molecule has 0 saturated heterocycles. The summed E-state index contributed by atoms with van der Waals surface area (Å²) in [6.07, 6.45) is 7.20. The molecular weight excluding hydrogens is 360 g/mol. The molecule has 1 saturated carbocycles. The maximum absolute atomic E-state index is 12.4. The van der Waals surface area contributed by atoms with E-state index in [9.17, 15) is 16.8 Å². The van der Waals surface area contributed by atoms with Crippen molar-refractivity contribution in [2.75, 3.05) is 19.3 Å². The molecule has 1 aliphatic rings. The van der Waals surface area contributed by atoms with Gasteiger partial charge in [0.1, 0.15) is 0 Å². The molecule has 0 heterocycles. The van der Waals surface area contributed by atoms with E-state index in [2.05, 4.69) is 4.72 Å². The fourth-order valence-corrected chi connectivity index (χ4v) is 5.83. The van der Waals surface area contributed by atoms with Crippen LogP contribution < -0.4 is 4.72 Å². The van der Waals surface area contributed by atoms with Gasteiger partial charge in [-0.3, -0.25) is 0 Å². The largest absolute Gasteiger partial charge is 0.240 e. The minimum Gasteiger partial charge on any atom is -0.212 e. The molecule has 1 aromatic rings. The third kappa shape index (κ3) is 5.77. The fourth-order valence-electron chi connectivity index (χ4n) is 3.39. The first-order valence-electron chi connectivity index (χ1n) is 8.74. The number of hydrogen-bond donors (Lipinski definition) is 1. The highest BCUT2D eigenvalue weighted by Gasteiger charge is 2.27. The number of aryl methyl sites for hydroxylation is 1. The molecule has 6 nitrogen and oxygen atoms in total. The van der Waals surface area contributed by atoms with Crippen LogP contribution in [0.1, 0.15) is 44.1 Å². The second-order valence-electron chi connectivity index (χ2n) is 6.68. The number of rotatable bonds is 7. The number of sulfonamides is 2. The van der Waals surface area contributed by atoms with Crippen LogP contribution >= 0.6 is 0 Å². The topological polar surface area (TPSA) is 83.6 Å². The Bertz CT molecular complexity index is 768. The first kappa shape index (κ1) is 20.4. The van der Waals surface area contributed by atoms with Crippen LogP contribution in [-0.2, 0) is 20.0 Å². The summed E-state index contributed by atoms with van der Waals surface area (Å²) in [5.41, 5.74) is 0.665. The van der Waals surface area contributed by atoms with Crippen LogP contribution in [0.15, 0.2) is 29.2 Å². The smallest absolute Gasteiger partial charge is 0.212 e. The number of benzene rings is 1. The normalized spacial score (nSPS) is 17.6. The number of nitrogens with one attached hydrogen (secondary N) is 1. The van der Waals surface area contributed by atoms with E-state index in [1.165, 1.54) is 10.6 Å². The standard InChI is InChI=1S/C17H28N2O4S2/c1-15-9-7-8-12-17(15)25(22,23)18-13-14-19(24(2,20)21)16-10-5-3-4-6-11-16/h7-9,12,16,18H,3-6,10-11,13-14H2,1-2H3. The highest BCUT2D eigenvalue weighted by Crippen LogP contribution is 2.23. The third-order valence-corrected chi connectivity index (χ3v) is 7.62. The molecule has 2 rings (SSSR count). The van der Waals surface area contributed by atoms with Gasteiger partial charge in [-0.2, -0.15) is 4.31 Å². The summed E-state index contributed by atoms with van der Waals surface area (Å²) >= 11 is 0. The van der Waals surface area contributed by atoms with Gasteiger partial charge in [0.25, 0.3) is 0 Å². The van der Waals surface area contributed by atoms with Crippen molar-refractivity contribution in [3.8, 4) is 0 Å². The number of nitrogens with zero attached hydrogens (tertiary/aromatic N) is 1. The molecule has 0 unspecified atom stereocenters. The van der Waals surface area contributed by atoms with Crippen LogP contribution in [0.25, 0.3) is 0 Å². The van der Waals surface area contributed by atoms with E-state index in [0.29, 0.717) is 5.56 Å². The molecule has 1 aromatic carbocycles. The van der Waals surface area contributed by atoms with Gasteiger partial charge < -0.3 is 0 Å². The Morgan fingerprint density at radius 2 is 1.64 bits per heavy atom. The van der Waals surface area contributed by atoms with Crippen molar-refractivity contribution in [3.05, 3.63) is 29.8 Å². The lowest BCUT2D eigenvalue weighted by atomic mass is 10.1. The summed E-state index contributed by atoms with van der Waals surface area (Å²) in [7, 11) is -7.01. The highest BCUT2D eigenvalue weighted by atomic mass is 32.2. The van der Waals surface area contributed by atoms with Gasteiger partial charge in [-0.05, 0) is 31.4 Å². The van der Waals surface area contributed by atoms with Gasteiger partial charge in [-0.1, -0.05) is 43.9 Å². The molecule has 0 spiro atoms. The van der Waals surface area contributed by atoms with E-state index >= 15 is 0 Å². The molecule has 0 aliphatic heterocycles. The Morgan fingerprint density at radius 3 is 2.20 bits per heavy atom. The minimum absolute atomic E-state index is 0.0273. The maximum Gasteiger partial charge on any atom is 0.240 e. The maximum atomic E-state index is 12.4. The predicted octanol–water partition coefficient (Wildman–Crippen LogP) is 2.26. The average Bonchev–Trinajstić information content (AvgIpc) is 2.79. The molecule has 8 heteroatoms. The van der Waals surface area contributed by atoms with Crippen LogP contribution in [0.2, 0.25) is 0 Å². The lowest BCUT2D eigenvalue weighted by molar-refractivity contribution is 0.297. The van der Waals surface area contributed by atoms with Gasteiger partial charge in [0.05, 0.1) is 11.2 Å². The summed E-state index contributed by atoms with van der Waals surface area (Å²) in [4.78, 5) is 0.232. The minimum atomic E-state index is -3.64. The Balaban J connectivity index is 2.04. The molecular formula is C17H28N2O4S2. The van der Waals surface area contributed by atoms with Crippen molar-refractivity contribution in [1.82, 2.24) is 9.03 Å². The monoisotopic (exact) mass is 388 g/mol. The molecule has 0 radical (unpaired) electrons. The zero-order chi connectivity index (χ0) is 18.5. The van der Waals surface area contributed by atoms with Gasteiger partial charge in [0.15, 0.2) is 0 Å². The first-order valence-corrected chi connectivity index (χ1v) is 12.1. The Hall–Kier alpha value is -0.960. The summed E-state index contributed by atoms with van der Waals surface area (Å²) in [6.45, 7) is 1.97. The molecule has 142 valence electrons. The second-order valence-corrected chi connectivity index (χ2v) is 10.4. The lowest BCUT2D eigenvalue weighted by Crippen LogP contribution is -2.44. The molecule has 0 aromatic heterocycles. The van der Waals surface area contributed by atoms with E-state index in [1.807, 2.05) is 0 Å². The molecule has 1 fully saturated rings. The zero-order valence-corrected chi connectivity index (χ0v) is 16.6. The molecule has 1 N–H and O–H groups in total. The van der Waals surface area contributed by atoms with Gasteiger partial charge in [-0.15, -0.1) is 0 Å². The molecule has 1 aliphatic carbocycles. The Labute approximate surface area is 151 Å². The molecule has 0 amide bonds. The van der Waals surface area contributed by atoms with E-state index < -0.39 is 20.0 Å². The predicted molar refractivity (Wildman–Crippen MR) is 99.4 cm³/mol. The van der Waals surface area contributed by atoms with Crippen LogP contribution in [-0.4, -0.2) is 46.5 Å². The summed E-state index contributed by atoms with van der Waals surface area (Å²) in [6, 6.07) is 6.72. The summed E-state index contributed by atoms with van der Waals surface area (Å²) < 4.78 is 53.2. The summed E-state index contributed by atoms with van der Waals surface area (Å²) in [5, 5.41) is 0. The fraction of sp³-hybridized carbons (Fsp3) is 0.647. The SMILES string of the molecule is Cc1ccccc1S(=O)(=O)NCCN(C1CCCCCC1)S(C)(=O)=O. The van der Waals surface area contributed by atoms with Gasteiger partial charge in [0.2, 0.25) is 20.0 Å². The van der Waals surface area contributed by atoms with Crippen LogP contribution in [0.5, 0.6) is 0 Å². The zero-order valence-electron chi connectivity index (χ0n) is 14.9. The van der Waals surface area contributed by atoms with Crippen molar-refractivity contribution in [1.29, 1.82) is 0 Å². The van der Waals surface area contributed by atoms with Crippen LogP contribution in [0.3, 0.4) is 0 Å². The van der Waals surface area contributed by atoms with Crippen LogP contribution in [0, 0.1) is 6.92 Å². The van der Waals surface area contributed by atoms with E-state index in [-0.39, 0.29) is 24.0 Å². The van der Waals surface area contributed by atoms with Crippen molar-refractivity contribution < 1.29 is 16.8 Å². The van der Waals surface area contributed by atoms with Crippen molar-refractivity contribution >= 4 is 20.0 Å². The first-order chi connectivity index (χ1) is 11.7. The van der Waals surface area contributed by atoms with E-state index in [4.69, 9.17) is 0 Å². The average molecular weight is 389 g/mol. The van der Waals surface area contributed by atoms with Crippen molar-refractivity contribution in [2.45, 2.75) is 56.4 Å². The molecule has 0 bridgehead atoms. The van der Waals surface area contributed by atoms with Crippen molar-refractivity contribution in [3.63, 3.8) is 0 Å². The van der Waals surface area contributed by atoms with Gasteiger partial charge in [0, 0.05) is 19.1 Å². The summed E-state index contributed by atoms with van der Waals surface area (Å²) in [5.74, 6) is 0. The molecule has 25 heavy (non-hydrogen) atoms. The Kier molecular flexibility index (Phi) is 7.01. The van der Waals surface area contributed by atoms with E-state index in [1.54, 1.807) is 31.2 Å². The Morgan fingerprint density at radius 1 is 1.04 bits per heavy atom. The third-order valence-electron chi connectivity index (χ3n) is 4.67.